The molecule has 0 radical (unpaired) electrons. The molecule has 5 nitrogen and oxygen atoms in total. The lowest BCUT2D eigenvalue weighted by atomic mass is 10.0. The van der Waals surface area contributed by atoms with Gasteiger partial charge in [0.15, 0.2) is 5.69 Å². The second kappa shape index (κ2) is 12.4. The highest BCUT2D eigenvalue weighted by molar-refractivity contribution is 5.82. The zero-order valence-corrected chi connectivity index (χ0v) is 24.0. The number of pyridine rings is 1. The van der Waals surface area contributed by atoms with Crippen LogP contribution in [0.5, 0.6) is 0 Å². The van der Waals surface area contributed by atoms with Crippen LogP contribution in [-0.4, -0.2) is 23.1 Å². The van der Waals surface area contributed by atoms with Gasteiger partial charge in [0.2, 0.25) is 0 Å². The first-order valence-electron chi connectivity index (χ1n) is 14.3. The largest absolute Gasteiger partial charge is 0.436 e. The van der Waals surface area contributed by atoms with Gasteiger partial charge < -0.3 is 14.2 Å². The van der Waals surface area contributed by atoms with Crippen LogP contribution < -0.4 is 9.80 Å². The monoisotopic (exact) mass is 644 g/mol. The summed E-state index contributed by atoms with van der Waals surface area (Å²) in [6, 6.07) is 9.37. The van der Waals surface area contributed by atoms with E-state index >= 15 is 0 Å². The number of rotatable bonds is 9. The first-order chi connectivity index (χ1) is 21.1. The molecule has 1 aliphatic carbocycles. The van der Waals surface area contributed by atoms with Gasteiger partial charge in [-0.15, -0.1) is 0 Å². The Hall–Kier alpha value is -3.97. The van der Waals surface area contributed by atoms with Gasteiger partial charge in [-0.1, -0.05) is 31.0 Å². The van der Waals surface area contributed by atoms with Gasteiger partial charge in [0.05, 0.1) is 23.2 Å². The van der Waals surface area contributed by atoms with E-state index in [0.717, 1.165) is 30.6 Å². The van der Waals surface area contributed by atoms with E-state index in [-0.39, 0.29) is 12.6 Å². The number of halogens is 9. The zero-order valence-electron chi connectivity index (χ0n) is 24.0. The fourth-order valence-electron chi connectivity index (χ4n) is 5.68. The SMILES string of the molecule is CCN(CC1CCCC1)c1nc2ccccc2cc1CN(Cc1cc(C(F)(F)F)cc(C(F)(F)F)c1)c1nc(C(F)(F)F)co1. The number of nitrogens with zero attached hydrogens (tertiary/aromatic N) is 4. The Balaban J connectivity index is 1.61. The van der Waals surface area contributed by atoms with E-state index in [1.807, 2.05) is 11.8 Å². The number of hydrogen-bond acceptors (Lipinski definition) is 5. The summed E-state index contributed by atoms with van der Waals surface area (Å²) >= 11 is 0. The summed E-state index contributed by atoms with van der Waals surface area (Å²) in [5, 5.41) is 0.690. The van der Waals surface area contributed by atoms with Gasteiger partial charge in [-0.3, -0.25) is 0 Å². The first kappa shape index (κ1) is 32.4. The zero-order chi connectivity index (χ0) is 32.6. The fourth-order valence-corrected chi connectivity index (χ4v) is 5.68. The average Bonchev–Trinajstić information content (AvgIpc) is 3.67. The number of anilines is 2. The van der Waals surface area contributed by atoms with Crippen LogP contribution in [0.4, 0.5) is 51.3 Å². The Bertz CT molecular complexity index is 1590. The standard InChI is InChI=1S/C31H29F9N4O/c1-2-43(15-19-7-3-4-8-19)27-22(13-21-9-5-6-10-25(21)41-27)17-44(28-42-26(18-45-28)31(38,39)40)16-20-11-23(29(32,33)34)14-24(12-20)30(35,36)37/h5-6,9-14,18-19H,2-4,7-8,15-17H2,1H3. The fraction of sp³-hybridized carbons (Fsp3) is 0.419. The van der Waals surface area contributed by atoms with Gasteiger partial charge in [0, 0.05) is 30.6 Å². The van der Waals surface area contributed by atoms with Crippen molar-refractivity contribution in [1.29, 1.82) is 0 Å². The van der Waals surface area contributed by atoms with Crippen LogP contribution in [0.1, 0.15) is 60.6 Å². The lowest BCUT2D eigenvalue weighted by molar-refractivity contribution is -0.143. The molecule has 0 spiro atoms. The van der Waals surface area contributed by atoms with Gasteiger partial charge >= 0.3 is 18.5 Å². The minimum absolute atomic E-state index is 0.00571. The Kier molecular flexibility index (Phi) is 8.96. The topological polar surface area (TPSA) is 45.4 Å². The second-order valence-corrected chi connectivity index (χ2v) is 11.1. The number of alkyl halides is 9. The molecule has 45 heavy (non-hydrogen) atoms. The van der Waals surface area contributed by atoms with Crippen LogP contribution in [0.25, 0.3) is 10.9 Å². The molecule has 1 aliphatic rings. The van der Waals surface area contributed by atoms with Crippen molar-refractivity contribution in [1.82, 2.24) is 9.97 Å². The summed E-state index contributed by atoms with van der Waals surface area (Å²) in [6.07, 6.45) is -10.5. The summed E-state index contributed by atoms with van der Waals surface area (Å²) < 4.78 is 127. The first-order valence-corrected chi connectivity index (χ1v) is 14.3. The summed E-state index contributed by atoms with van der Waals surface area (Å²) in [5.74, 6) is 0.907. The molecule has 0 saturated heterocycles. The van der Waals surface area contributed by atoms with E-state index < -0.39 is 53.5 Å². The third-order valence-corrected chi connectivity index (χ3v) is 7.85. The summed E-state index contributed by atoms with van der Waals surface area (Å²) in [5.41, 5.74) is -3.79. The van der Waals surface area contributed by atoms with Gasteiger partial charge in [0.1, 0.15) is 12.1 Å². The van der Waals surface area contributed by atoms with E-state index in [2.05, 4.69) is 4.98 Å². The van der Waals surface area contributed by atoms with Crippen LogP contribution >= 0.6 is 0 Å². The second-order valence-electron chi connectivity index (χ2n) is 11.1. The lowest BCUT2D eigenvalue weighted by Gasteiger charge is -2.30. The van der Waals surface area contributed by atoms with E-state index in [9.17, 15) is 39.5 Å². The molecule has 0 bridgehead atoms. The Morgan fingerprint density at radius 1 is 0.778 bits per heavy atom. The number of aromatic nitrogens is 2. The molecule has 0 N–H and O–H groups in total. The van der Waals surface area contributed by atoms with Crippen LogP contribution in [0, 0.1) is 5.92 Å². The molecule has 242 valence electrons. The predicted molar refractivity (Wildman–Crippen MR) is 149 cm³/mol. The summed E-state index contributed by atoms with van der Waals surface area (Å²) in [4.78, 5) is 11.5. The molecule has 2 aromatic heterocycles. The van der Waals surface area contributed by atoms with Crippen molar-refractivity contribution in [3.05, 3.63) is 82.7 Å². The van der Waals surface area contributed by atoms with Crippen LogP contribution in [0.2, 0.25) is 0 Å². The average molecular weight is 645 g/mol. The molecule has 2 heterocycles. The quantitative estimate of drug-likeness (QED) is 0.170. The van der Waals surface area contributed by atoms with E-state index in [1.54, 1.807) is 30.3 Å². The van der Waals surface area contributed by atoms with Crippen molar-refractivity contribution in [2.24, 2.45) is 5.92 Å². The summed E-state index contributed by atoms with van der Waals surface area (Å²) in [7, 11) is 0. The van der Waals surface area contributed by atoms with E-state index in [1.165, 1.54) is 0 Å². The van der Waals surface area contributed by atoms with Crippen LogP contribution in [0.3, 0.4) is 0 Å². The normalized spacial score (nSPS) is 14.8. The van der Waals surface area contributed by atoms with Crippen LogP contribution in [-0.2, 0) is 31.6 Å². The van der Waals surface area contributed by atoms with Gasteiger partial charge in [-0.2, -0.15) is 44.5 Å². The Labute approximate surface area is 252 Å². The lowest BCUT2D eigenvalue weighted by Crippen LogP contribution is -2.31. The minimum atomic E-state index is -5.11. The summed E-state index contributed by atoms with van der Waals surface area (Å²) in [6.45, 7) is 2.18. The number of oxazole rings is 1. The van der Waals surface area contributed by atoms with Crippen molar-refractivity contribution in [2.75, 3.05) is 22.9 Å². The van der Waals surface area contributed by atoms with Crippen molar-refractivity contribution >= 4 is 22.7 Å². The number of benzene rings is 2. The predicted octanol–water partition coefficient (Wildman–Crippen LogP) is 9.50. The molecule has 2 aromatic carbocycles. The molecular formula is C31H29F9N4O. The van der Waals surface area contributed by atoms with E-state index in [0.29, 0.717) is 59.7 Å². The highest BCUT2D eigenvalue weighted by Crippen LogP contribution is 2.38. The van der Waals surface area contributed by atoms with Gasteiger partial charge in [-0.25, -0.2) is 4.98 Å². The van der Waals surface area contributed by atoms with Crippen molar-refractivity contribution < 1.29 is 43.9 Å². The number of para-hydroxylation sites is 1. The molecule has 5 rings (SSSR count). The molecule has 1 saturated carbocycles. The highest BCUT2D eigenvalue weighted by atomic mass is 19.4. The van der Waals surface area contributed by atoms with Crippen molar-refractivity contribution in [3.63, 3.8) is 0 Å². The molecule has 4 aromatic rings. The van der Waals surface area contributed by atoms with Gasteiger partial charge in [0.25, 0.3) is 6.01 Å². The molecular weight excluding hydrogens is 615 g/mol. The maximum atomic E-state index is 13.6. The molecule has 0 aliphatic heterocycles. The molecule has 0 atom stereocenters. The smallest absolute Gasteiger partial charge is 0.431 e. The van der Waals surface area contributed by atoms with E-state index in [4.69, 9.17) is 9.40 Å². The Morgan fingerprint density at radius 3 is 2.00 bits per heavy atom. The van der Waals surface area contributed by atoms with Crippen molar-refractivity contribution in [2.45, 2.75) is 64.2 Å². The van der Waals surface area contributed by atoms with Crippen molar-refractivity contribution in [3.8, 4) is 0 Å². The molecule has 0 amide bonds. The number of fused-ring (bicyclic) bond motifs is 1. The third-order valence-electron chi connectivity index (χ3n) is 7.85. The highest BCUT2D eigenvalue weighted by Gasteiger charge is 2.38. The number of hydrogen-bond donors (Lipinski definition) is 0. The molecule has 14 heteroatoms. The van der Waals surface area contributed by atoms with Crippen LogP contribution in [0.15, 0.2) is 59.2 Å². The maximum absolute atomic E-state index is 13.6. The van der Waals surface area contributed by atoms with Gasteiger partial charge in [-0.05, 0) is 61.6 Å². The third kappa shape index (κ3) is 7.64. The molecule has 1 fully saturated rings. The minimum Gasteiger partial charge on any atom is -0.431 e. The molecule has 0 unspecified atom stereocenters. The Morgan fingerprint density at radius 2 is 1.42 bits per heavy atom. The maximum Gasteiger partial charge on any atom is 0.436 e.